The molecular weight excluding hydrogens is 503 g/mol. The molecule has 2 unspecified atom stereocenters. The van der Waals surface area contributed by atoms with E-state index < -0.39 is 0 Å². The van der Waals surface area contributed by atoms with Gasteiger partial charge in [0.2, 0.25) is 0 Å². The normalized spacial score (nSPS) is 19.4. The number of guanidine groups is 1. The predicted octanol–water partition coefficient (Wildman–Crippen LogP) is 3.79. The highest BCUT2D eigenvalue weighted by atomic mass is 127. The fourth-order valence-corrected chi connectivity index (χ4v) is 3.97. The molecule has 31 heavy (non-hydrogen) atoms. The smallest absolute Gasteiger partial charge is 0.191 e. The molecule has 2 aromatic rings. The Morgan fingerprint density at radius 3 is 2.13 bits per heavy atom. The van der Waals surface area contributed by atoms with E-state index in [2.05, 4.69) is 64.7 Å². The first-order valence-corrected chi connectivity index (χ1v) is 10.6. The molecule has 0 radical (unpaired) electrons. The number of para-hydroxylation sites is 1. The van der Waals surface area contributed by atoms with Gasteiger partial charge in [-0.05, 0) is 31.0 Å². The van der Waals surface area contributed by atoms with Crippen LogP contribution >= 0.6 is 24.0 Å². The zero-order valence-corrected chi connectivity index (χ0v) is 21.3. The minimum Gasteiger partial charge on any atom is -0.496 e. The summed E-state index contributed by atoms with van der Waals surface area (Å²) in [4.78, 5) is 6.84. The number of nitrogens with zero attached hydrogens (tertiary/aromatic N) is 2. The fraction of sp³-hybridized carbons (Fsp3) is 0.458. The molecule has 7 heteroatoms. The lowest BCUT2D eigenvalue weighted by atomic mass is 10.1. The van der Waals surface area contributed by atoms with Gasteiger partial charge in [0.05, 0.1) is 19.3 Å². The largest absolute Gasteiger partial charge is 0.496 e. The van der Waals surface area contributed by atoms with Crippen molar-refractivity contribution in [3.63, 3.8) is 0 Å². The van der Waals surface area contributed by atoms with Gasteiger partial charge in [0.25, 0.3) is 0 Å². The van der Waals surface area contributed by atoms with E-state index in [0.29, 0.717) is 6.54 Å². The maximum atomic E-state index is 5.87. The van der Waals surface area contributed by atoms with Crippen molar-refractivity contribution in [1.82, 2.24) is 15.5 Å². The molecule has 1 aliphatic heterocycles. The summed E-state index contributed by atoms with van der Waals surface area (Å²) in [6.45, 7) is 8.53. The zero-order chi connectivity index (χ0) is 21.3. The van der Waals surface area contributed by atoms with Gasteiger partial charge in [-0.3, -0.25) is 9.89 Å². The third-order valence-electron chi connectivity index (χ3n) is 5.32. The maximum absolute atomic E-state index is 5.87. The molecule has 3 rings (SSSR count). The number of hydrogen-bond acceptors (Lipinski definition) is 4. The molecule has 6 nitrogen and oxygen atoms in total. The van der Waals surface area contributed by atoms with E-state index in [-0.39, 0.29) is 36.2 Å². The van der Waals surface area contributed by atoms with Crippen molar-refractivity contribution in [1.29, 1.82) is 0 Å². The van der Waals surface area contributed by atoms with Crippen LogP contribution in [0.15, 0.2) is 53.5 Å². The second kappa shape index (κ2) is 12.9. The Hall–Kier alpha value is -1.84. The Kier molecular flexibility index (Phi) is 10.6. The highest BCUT2D eigenvalue weighted by Gasteiger charge is 2.22. The van der Waals surface area contributed by atoms with Crippen LogP contribution in [0.5, 0.6) is 5.75 Å². The van der Waals surface area contributed by atoms with Crippen LogP contribution in [0.4, 0.5) is 0 Å². The number of halogens is 1. The number of rotatable bonds is 7. The van der Waals surface area contributed by atoms with Gasteiger partial charge in [-0.2, -0.15) is 0 Å². The highest BCUT2D eigenvalue weighted by Crippen LogP contribution is 2.18. The molecule has 0 aliphatic carbocycles. The van der Waals surface area contributed by atoms with Crippen LogP contribution in [0.3, 0.4) is 0 Å². The van der Waals surface area contributed by atoms with E-state index in [4.69, 9.17) is 9.47 Å². The van der Waals surface area contributed by atoms with Crippen molar-refractivity contribution in [2.24, 2.45) is 4.99 Å². The molecule has 0 bridgehead atoms. The Morgan fingerprint density at radius 1 is 0.968 bits per heavy atom. The molecule has 0 saturated carbocycles. The van der Waals surface area contributed by atoms with Crippen molar-refractivity contribution < 1.29 is 9.47 Å². The lowest BCUT2D eigenvalue weighted by Gasteiger charge is -2.35. The number of benzene rings is 2. The van der Waals surface area contributed by atoms with Gasteiger partial charge in [-0.25, -0.2) is 0 Å². The molecular formula is C24H35IN4O2. The first-order chi connectivity index (χ1) is 14.6. The van der Waals surface area contributed by atoms with Crippen LogP contribution in [-0.4, -0.2) is 50.3 Å². The first-order valence-electron chi connectivity index (χ1n) is 10.6. The van der Waals surface area contributed by atoms with Crippen LogP contribution in [0.25, 0.3) is 0 Å². The molecule has 170 valence electrons. The Morgan fingerprint density at radius 2 is 1.52 bits per heavy atom. The number of methoxy groups -OCH3 is 1. The second-order valence-electron chi connectivity index (χ2n) is 7.81. The zero-order valence-electron chi connectivity index (χ0n) is 18.9. The number of hydrogen-bond donors (Lipinski definition) is 2. The average Bonchev–Trinajstić information content (AvgIpc) is 2.74. The second-order valence-corrected chi connectivity index (χ2v) is 7.81. The summed E-state index contributed by atoms with van der Waals surface area (Å²) >= 11 is 0. The molecule has 0 spiro atoms. The maximum Gasteiger partial charge on any atom is 0.191 e. The van der Waals surface area contributed by atoms with E-state index in [0.717, 1.165) is 43.5 Å². The third-order valence-corrected chi connectivity index (χ3v) is 5.32. The standard InChI is InChI=1S/C24H34N4O2.HI/c1-18-15-28(16-19(2)30-18)17-22-11-6-5-9-20(22)13-26-24(25-3)27-14-21-10-7-8-12-23(21)29-4;/h5-12,18-19H,13-17H2,1-4H3,(H2,25,26,27);1H. The molecule has 1 aliphatic rings. The Labute approximate surface area is 203 Å². The molecule has 2 N–H and O–H groups in total. The van der Waals surface area contributed by atoms with Gasteiger partial charge in [-0.1, -0.05) is 42.5 Å². The summed E-state index contributed by atoms with van der Waals surface area (Å²) in [7, 11) is 3.48. The van der Waals surface area contributed by atoms with Crippen LogP contribution in [0.1, 0.15) is 30.5 Å². The van der Waals surface area contributed by atoms with Crippen LogP contribution in [0, 0.1) is 0 Å². The molecule has 0 aromatic heterocycles. The van der Waals surface area contributed by atoms with E-state index in [9.17, 15) is 0 Å². The minimum absolute atomic E-state index is 0. The van der Waals surface area contributed by atoms with Crippen molar-refractivity contribution in [2.75, 3.05) is 27.2 Å². The summed E-state index contributed by atoms with van der Waals surface area (Å²) in [6, 6.07) is 16.6. The monoisotopic (exact) mass is 538 g/mol. The molecule has 2 atom stereocenters. The molecule has 1 saturated heterocycles. The summed E-state index contributed by atoms with van der Waals surface area (Å²) in [5, 5.41) is 6.82. The Balaban J connectivity index is 0.00000341. The molecule has 1 heterocycles. The van der Waals surface area contributed by atoms with Gasteiger partial charge in [0.15, 0.2) is 5.96 Å². The summed E-state index contributed by atoms with van der Waals surface area (Å²) in [6.07, 6.45) is 0.550. The summed E-state index contributed by atoms with van der Waals surface area (Å²) in [5.41, 5.74) is 3.72. The van der Waals surface area contributed by atoms with Crippen molar-refractivity contribution >= 4 is 29.9 Å². The lowest BCUT2D eigenvalue weighted by molar-refractivity contribution is -0.0705. The Bertz CT molecular complexity index is 836. The molecule has 1 fully saturated rings. The third kappa shape index (κ3) is 7.66. The first kappa shape index (κ1) is 25.4. The van der Waals surface area contributed by atoms with Gasteiger partial charge in [0.1, 0.15) is 5.75 Å². The topological polar surface area (TPSA) is 58.1 Å². The highest BCUT2D eigenvalue weighted by molar-refractivity contribution is 14.0. The van der Waals surface area contributed by atoms with Crippen molar-refractivity contribution in [3.8, 4) is 5.75 Å². The van der Waals surface area contributed by atoms with Crippen molar-refractivity contribution in [2.45, 2.75) is 45.7 Å². The van der Waals surface area contributed by atoms with E-state index in [1.165, 1.54) is 11.1 Å². The van der Waals surface area contributed by atoms with E-state index >= 15 is 0 Å². The van der Waals surface area contributed by atoms with Gasteiger partial charge >= 0.3 is 0 Å². The molecule has 2 aromatic carbocycles. The van der Waals surface area contributed by atoms with E-state index in [1.54, 1.807) is 14.2 Å². The molecule has 0 amide bonds. The lowest BCUT2D eigenvalue weighted by Crippen LogP contribution is -2.45. The average molecular weight is 538 g/mol. The summed E-state index contributed by atoms with van der Waals surface area (Å²) < 4.78 is 11.3. The van der Waals surface area contributed by atoms with Gasteiger partial charge in [-0.15, -0.1) is 24.0 Å². The fourth-order valence-electron chi connectivity index (χ4n) is 3.97. The minimum atomic E-state index is 0. The SMILES string of the molecule is CN=C(NCc1ccccc1CN1CC(C)OC(C)C1)NCc1ccccc1OC.I. The quantitative estimate of drug-likeness (QED) is 0.319. The van der Waals surface area contributed by atoms with Crippen LogP contribution in [-0.2, 0) is 24.4 Å². The van der Waals surface area contributed by atoms with Gasteiger partial charge in [0, 0.05) is 45.3 Å². The van der Waals surface area contributed by atoms with Gasteiger partial charge < -0.3 is 20.1 Å². The van der Waals surface area contributed by atoms with Crippen molar-refractivity contribution in [3.05, 3.63) is 65.2 Å². The van der Waals surface area contributed by atoms with Crippen LogP contribution in [0.2, 0.25) is 0 Å². The number of aliphatic imine (C=N–C) groups is 1. The van der Waals surface area contributed by atoms with E-state index in [1.807, 2.05) is 18.2 Å². The predicted molar refractivity (Wildman–Crippen MR) is 137 cm³/mol. The van der Waals surface area contributed by atoms with Crippen LogP contribution < -0.4 is 15.4 Å². The number of ether oxygens (including phenoxy) is 2. The number of nitrogens with one attached hydrogen (secondary N) is 2. The number of morpholine rings is 1. The summed E-state index contributed by atoms with van der Waals surface area (Å²) in [5.74, 6) is 1.64.